The Morgan fingerprint density at radius 2 is 0.860 bits per heavy atom. The number of rotatable bonds is 6. The van der Waals surface area contributed by atoms with E-state index < -0.39 is 7.81 Å². The number of fused-ring (bicyclic) bond motifs is 3. The van der Waals surface area contributed by atoms with E-state index >= 15 is 0 Å². The van der Waals surface area contributed by atoms with Gasteiger partial charge in [-0.3, -0.25) is 9.36 Å². The van der Waals surface area contributed by atoms with Gasteiger partial charge in [-0.2, -0.15) is 10.2 Å². The van der Waals surface area contributed by atoms with E-state index in [4.69, 9.17) is 9.97 Å². The van der Waals surface area contributed by atoms with E-state index in [1.54, 1.807) is 0 Å². The van der Waals surface area contributed by atoms with Crippen molar-refractivity contribution in [2.75, 3.05) is 0 Å². The van der Waals surface area contributed by atoms with Gasteiger partial charge in [0.2, 0.25) is 0 Å². The smallest absolute Gasteiger partial charge is 1.00 e. The molecule has 264 valence electrons. The molecule has 0 saturated heterocycles. The molecule has 0 aliphatic heterocycles. The summed E-state index contributed by atoms with van der Waals surface area (Å²) in [6, 6.07) is 34.0. The van der Waals surface area contributed by atoms with Crippen LogP contribution in [0, 0.1) is 27.7 Å². The maximum absolute atomic E-state index is 10.7. The molecular weight excluding hydrogens is 725 g/mol. The quantitative estimate of drug-likeness (QED) is 0.0734. The van der Waals surface area contributed by atoms with Crippen LogP contribution in [0.15, 0.2) is 97.1 Å². The molecule has 7 rings (SSSR count). The van der Waals surface area contributed by atoms with Crippen LogP contribution in [0.25, 0.3) is 44.3 Å². The van der Waals surface area contributed by atoms with Crippen molar-refractivity contribution < 1.29 is 42.3 Å². The number of pyridine rings is 2. The molecule has 0 unspecified atom stereocenters. The molecule has 0 spiro atoms. The van der Waals surface area contributed by atoms with Crippen LogP contribution < -0.4 is 0 Å². The second kappa shape index (κ2) is 13.0. The molecule has 3 aromatic carbocycles. The zero-order valence-corrected chi connectivity index (χ0v) is 29.2. The van der Waals surface area contributed by atoms with Crippen molar-refractivity contribution in [3.63, 3.8) is 0 Å². The molecule has 4 aromatic heterocycles. The topological polar surface area (TPSA) is 61.4 Å². The van der Waals surface area contributed by atoms with Crippen molar-refractivity contribution in [2.24, 2.45) is 0 Å². The Labute approximate surface area is 294 Å². The van der Waals surface area contributed by atoms with Crippen LogP contribution in [0.4, 0.5) is 25.2 Å². The van der Waals surface area contributed by atoms with Crippen LogP contribution in [0.3, 0.4) is 0 Å². The number of aryl methyl sites for hydroxylation is 4. The van der Waals surface area contributed by atoms with Crippen molar-refractivity contribution in [1.82, 2.24) is 29.5 Å². The molecule has 4 heterocycles. The van der Waals surface area contributed by atoms with Gasteiger partial charge >= 0.3 is 50.1 Å². The molecule has 0 aliphatic rings. The number of benzene rings is 3. The second-order valence-electron chi connectivity index (χ2n) is 12.0. The van der Waals surface area contributed by atoms with Gasteiger partial charge in [0.05, 0.1) is 46.9 Å². The Morgan fingerprint density at radius 3 is 1.20 bits per heavy atom. The summed E-state index contributed by atoms with van der Waals surface area (Å²) < 4.78 is 63.3. The van der Waals surface area contributed by atoms with Gasteiger partial charge in [0.25, 0.3) is 0 Å². The average molecular weight is 757 g/mol. The maximum atomic E-state index is 9.87. The molecule has 6 nitrogen and oxygen atoms in total. The Morgan fingerprint density at radius 1 is 0.520 bits per heavy atom. The Hall–Kier alpha value is -4.57. The van der Waals surface area contributed by atoms with E-state index in [0.717, 1.165) is 67.1 Å². The molecule has 0 N–H and O–H groups in total. The third-order valence-electron chi connectivity index (χ3n) is 7.95. The van der Waals surface area contributed by atoms with Gasteiger partial charge in [0.15, 0.2) is 0 Å². The summed E-state index contributed by atoms with van der Waals surface area (Å²) in [7, 11) is -10.7. The number of aromatic nitrogens is 6. The van der Waals surface area contributed by atoms with Gasteiger partial charge in [-0.15, -0.1) is 0 Å². The minimum absolute atomic E-state index is 0. The first kappa shape index (κ1) is 36.7. The zero-order valence-electron chi connectivity index (χ0n) is 27.4. The van der Waals surface area contributed by atoms with E-state index in [1.807, 2.05) is 13.8 Å². The largest absolute Gasteiger partial charge is 1.00 e. The molecule has 14 heteroatoms. The number of halogens is 6. The fourth-order valence-electron chi connectivity index (χ4n) is 5.88. The molecule has 0 bridgehead atoms. The van der Waals surface area contributed by atoms with Crippen molar-refractivity contribution in [2.45, 2.75) is 40.8 Å². The van der Waals surface area contributed by atoms with Crippen LogP contribution in [-0.4, -0.2) is 29.5 Å². The van der Waals surface area contributed by atoms with Crippen molar-refractivity contribution >= 4 is 29.6 Å². The maximum Gasteiger partial charge on any atom is 1.00 e. The first-order valence-electron chi connectivity index (χ1n) is 15.3. The summed E-state index contributed by atoms with van der Waals surface area (Å²) in [5, 5.41) is 11.5. The number of hydrogen-bond donors (Lipinski definition) is 0. The third-order valence-corrected chi connectivity index (χ3v) is 7.95. The van der Waals surface area contributed by atoms with E-state index in [0.29, 0.717) is 13.1 Å². The second-order valence-corrected chi connectivity index (χ2v) is 14.0. The Balaban J connectivity index is 0.000000553. The molecule has 0 radical (unpaired) electrons. The standard InChI is InChI=1S/C36H32N6.Cu.F6P/c1-23-19-25(3)41(39-23)21-29-9-5-7-11-31(29)33-17-15-27-13-14-28-16-18-34(38-36(28)35(27)37-33)32-12-8-6-10-30(32)22-42-26(4)20-24(2)40-42;;1-7(2,3,4,5)6/h5-20H,21-22H2,1-4H3;;/q;+1;-1. The molecule has 0 fully saturated rings. The predicted molar refractivity (Wildman–Crippen MR) is 183 cm³/mol. The van der Waals surface area contributed by atoms with Crippen LogP contribution in [-0.2, 0) is 30.2 Å². The summed E-state index contributed by atoms with van der Waals surface area (Å²) >= 11 is 0. The van der Waals surface area contributed by atoms with Gasteiger partial charge in [-0.25, -0.2) is 9.97 Å². The third kappa shape index (κ3) is 9.15. The van der Waals surface area contributed by atoms with Gasteiger partial charge in [0, 0.05) is 33.3 Å². The first-order valence-corrected chi connectivity index (χ1v) is 17.4. The van der Waals surface area contributed by atoms with Gasteiger partial charge in [0.1, 0.15) is 0 Å². The first-order chi connectivity index (χ1) is 22.9. The van der Waals surface area contributed by atoms with Gasteiger partial charge in [-0.1, -0.05) is 72.8 Å². The SMILES string of the molecule is Cc1cc(C)n(Cc2ccccc2-c2ccc3ccc4ccc(-c5ccccc5Cn5nc(C)cc5C)nc4c3n2)n1.F[P-](F)(F)(F)(F)F.[Cu+]. The van der Waals surface area contributed by atoms with E-state index in [-0.39, 0.29) is 17.1 Å². The molecule has 0 saturated carbocycles. The zero-order chi connectivity index (χ0) is 35.2. The minimum Gasteiger partial charge on any atom is 1.00 e. The van der Waals surface area contributed by atoms with E-state index in [2.05, 4.69) is 130 Å². The van der Waals surface area contributed by atoms with Crippen LogP contribution in [0.1, 0.15) is 33.9 Å². The average Bonchev–Trinajstić information content (AvgIpc) is 3.52. The van der Waals surface area contributed by atoms with E-state index in [1.165, 1.54) is 11.1 Å². The summed E-state index contributed by atoms with van der Waals surface area (Å²) in [5.74, 6) is 0. The van der Waals surface area contributed by atoms with E-state index in [9.17, 15) is 25.2 Å². The summed E-state index contributed by atoms with van der Waals surface area (Å²) in [5.41, 5.74) is 12.6. The molecular formula is C36H32CuF6N6P. The van der Waals surface area contributed by atoms with Crippen molar-refractivity contribution in [3.8, 4) is 22.5 Å². The van der Waals surface area contributed by atoms with Crippen molar-refractivity contribution in [3.05, 3.63) is 131 Å². The Kier molecular flexibility index (Phi) is 9.51. The fraction of sp³-hybridized carbons (Fsp3) is 0.167. The van der Waals surface area contributed by atoms with Crippen LogP contribution >= 0.6 is 7.81 Å². The summed E-state index contributed by atoms with van der Waals surface area (Å²) in [4.78, 5) is 10.5. The molecule has 7 aromatic rings. The molecule has 0 amide bonds. The Bertz CT molecular complexity index is 2190. The van der Waals surface area contributed by atoms with Gasteiger partial charge in [-0.05, 0) is 63.1 Å². The molecule has 0 aliphatic carbocycles. The summed E-state index contributed by atoms with van der Waals surface area (Å²) in [6.45, 7) is 9.65. The fourth-order valence-corrected chi connectivity index (χ4v) is 5.88. The van der Waals surface area contributed by atoms with Crippen molar-refractivity contribution in [1.29, 1.82) is 0 Å². The number of nitrogens with zero attached hydrogens (tertiary/aromatic N) is 6. The monoisotopic (exact) mass is 756 g/mol. The van der Waals surface area contributed by atoms with Gasteiger partial charge < -0.3 is 0 Å². The summed E-state index contributed by atoms with van der Waals surface area (Å²) in [6.07, 6.45) is 0. The predicted octanol–water partition coefficient (Wildman–Crippen LogP) is 11.2. The normalized spacial score (nSPS) is 12.9. The number of hydrogen-bond acceptors (Lipinski definition) is 4. The molecule has 0 atom stereocenters. The van der Waals surface area contributed by atoms with Crippen LogP contribution in [0.5, 0.6) is 0 Å². The van der Waals surface area contributed by atoms with Crippen LogP contribution in [0.2, 0.25) is 0 Å². The molecule has 50 heavy (non-hydrogen) atoms. The minimum atomic E-state index is -10.7.